The quantitative estimate of drug-likeness (QED) is 0.786. The summed E-state index contributed by atoms with van der Waals surface area (Å²) in [5.41, 5.74) is 1.45. The summed E-state index contributed by atoms with van der Waals surface area (Å²) < 4.78 is 0. The molecule has 0 bridgehead atoms. The van der Waals surface area contributed by atoms with Crippen LogP contribution in [0.25, 0.3) is 0 Å². The van der Waals surface area contributed by atoms with Crippen LogP contribution in [0, 0.1) is 17.8 Å². The highest BCUT2D eigenvalue weighted by atomic mass is 35.5. The van der Waals surface area contributed by atoms with Crippen molar-refractivity contribution in [1.82, 2.24) is 0 Å². The highest BCUT2D eigenvalue weighted by molar-refractivity contribution is 6.30. The van der Waals surface area contributed by atoms with E-state index in [1.54, 1.807) is 0 Å². The molecule has 0 saturated heterocycles. The highest BCUT2D eigenvalue weighted by Gasteiger charge is 2.42. The monoisotopic (exact) mass is 270 g/mol. The number of benzene rings is 1. The van der Waals surface area contributed by atoms with Gasteiger partial charge in [-0.3, -0.25) is 0 Å². The SMILES string of the molecule is CC1C(C)C(c2ccc(Cl)cc2)C1C.O=C(O)O. The Kier molecular flexibility index (Phi) is 5.03. The molecular formula is C14H19ClO3. The normalized spacial score (nSPS) is 29.8. The van der Waals surface area contributed by atoms with Crippen LogP contribution in [-0.4, -0.2) is 16.4 Å². The standard InChI is InChI=1S/C13H17Cl.CH2O3/c1-8-9(2)13(10(8)3)11-4-6-12(14)7-5-11;2-1(3)4/h4-10,13H,1-3H3;(H2,2,3,4). The number of halogens is 1. The second kappa shape index (κ2) is 6.10. The second-order valence-corrected chi connectivity index (χ2v) is 5.37. The summed E-state index contributed by atoms with van der Waals surface area (Å²) in [7, 11) is 0. The Morgan fingerprint density at radius 1 is 1.00 bits per heavy atom. The van der Waals surface area contributed by atoms with E-state index in [0.717, 1.165) is 28.7 Å². The van der Waals surface area contributed by atoms with Crippen molar-refractivity contribution in [3.05, 3.63) is 34.9 Å². The molecule has 2 N–H and O–H groups in total. The van der Waals surface area contributed by atoms with Gasteiger partial charge in [-0.1, -0.05) is 44.5 Å². The van der Waals surface area contributed by atoms with Crippen LogP contribution in [0.3, 0.4) is 0 Å². The van der Waals surface area contributed by atoms with Gasteiger partial charge < -0.3 is 10.2 Å². The molecular weight excluding hydrogens is 252 g/mol. The highest BCUT2D eigenvalue weighted by Crippen LogP contribution is 2.51. The molecule has 4 heteroatoms. The zero-order valence-corrected chi connectivity index (χ0v) is 11.6. The number of hydrogen-bond acceptors (Lipinski definition) is 1. The van der Waals surface area contributed by atoms with E-state index in [-0.39, 0.29) is 0 Å². The molecule has 0 aromatic heterocycles. The van der Waals surface area contributed by atoms with Crippen molar-refractivity contribution < 1.29 is 15.0 Å². The molecule has 1 aliphatic carbocycles. The third-order valence-electron chi connectivity index (χ3n) is 4.05. The van der Waals surface area contributed by atoms with E-state index in [9.17, 15) is 0 Å². The van der Waals surface area contributed by atoms with E-state index in [4.69, 9.17) is 26.6 Å². The van der Waals surface area contributed by atoms with Crippen LogP contribution in [0.2, 0.25) is 5.02 Å². The summed E-state index contributed by atoms with van der Waals surface area (Å²) >= 11 is 5.88. The Balaban J connectivity index is 0.000000357. The van der Waals surface area contributed by atoms with Crippen LogP contribution in [0.4, 0.5) is 4.79 Å². The number of rotatable bonds is 1. The molecule has 2 unspecified atom stereocenters. The van der Waals surface area contributed by atoms with Crippen LogP contribution < -0.4 is 0 Å². The van der Waals surface area contributed by atoms with Gasteiger partial charge in [-0.25, -0.2) is 4.79 Å². The van der Waals surface area contributed by atoms with Crippen LogP contribution in [0.1, 0.15) is 32.3 Å². The first-order valence-electron chi connectivity index (χ1n) is 6.02. The van der Waals surface area contributed by atoms with Crippen molar-refractivity contribution in [3.8, 4) is 0 Å². The summed E-state index contributed by atoms with van der Waals surface area (Å²) in [6.07, 6.45) is -1.83. The van der Waals surface area contributed by atoms with Crippen LogP contribution >= 0.6 is 11.6 Å². The number of carbonyl (C=O) groups is 1. The van der Waals surface area contributed by atoms with Gasteiger partial charge in [-0.15, -0.1) is 0 Å². The molecule has 1 fully saturated rings. The topological polar surface area (TPSA) is 57.5 Å². The largest absolute Gasteiger partial charge is 0.503 e. The molecule has 1 aromatic carbocycles. The third kappa shape index (κ3) is 3.39. The van der Waals surface area contributed by atoms with Crippen LogP contribution in [0.5, 0.6) is 0 Å². The van der Waals surface area contributed by atoms with Crippen molar-refractivity contribution in [1.29, 1.82) is 0 Å². The Morgan fingerprint density at radius 2 is 1.39 bits per heavy atom. The van der Waals surface area contributed by atoms with Gasteiger partial charge in [0.05, 0.1) is 0 Å². The zero-order valence-electron chi connectivity index (χ0n) is 10.8. The average molecular weight is 271 g/mol. The number of hydrogen-bond donors (Lipinski definition) is 2. The van der Waals surface area contributed by atoms with Crippen LogP contribution in [-0.2, 0) is 0 Å². The average Bonchev–Trinajstić information content (AvgIpc) is 2.31. The van der Waals surface area contributed by atoms with E-state index >= 15 is 0 Å². The van der Waals surface area contributed by atoms with Gasteiger partial charge >= 0.3 is 6.16 Å². The Bertz CT molecular complexity index is 388. The van der Waals surface area contributed by atoms with E-state index in [1.807, 2.05) is 12.1 Å². The van der Waals surface area contributed by atoms with Gasteiger partial charge in [0.1, 0.15) is 0 Å². The molecule has 2 atom stereocenters. The van der Waals surface area contributed by atoms with E-state index in [2.05, 4.69) is 32.9 Å². The van der Waals surface area contributed by atoms with Crippen molar-refractivity contribution in [3.63, 3.8) is 0 Å². The van der Waals surface area contributed by atoms with Crippen molar-refractivity contribution >= 4 is 17.8 Å². The van der Waals surface area contributed by atoms with E-state index in [1.165, 1.54) is 5.56 Å². The predicted octanol–water partition coefficient (Wildman–Crippen LogP) is 4.57. The molecule has 100 valence electrons. The summed E-state index contributed by atoms with van der Waals surface area (Å²) in [5.74, 6) is 3.22. The van der Waals surface area contributed by atoms with Crippen molar-refractivity contribution in [2.24, 2.45) is 17.8 Å². The molecule has 1 saturated carbocycles. The minimum atomic E-state index is -1.83. The minimum Gasteiger partial charge on any atom is -0.450 e. The lowest BCUT2D eigenvalue weighted by Crippen LogP contribution is -2.39. The Morgan fingerprint density at radius 3 is 1.78 bits per heavy atom. The Labute approximate surface area is 112 Å². The van der Waals surface area contributed by atoms with Crippen LogP contribution in [0.15, 0.2) is 24.3 Å². The van der Waals surface area contributed by atoms with Gasteiger partial charge in [0.2, 0.25) is 0 Å². The second-order valence-electron chi connectivity index (χ2n) is 4.94. The maximum Gasteiger partial charge on any atom is 0.503 e. The van der Waals surface area contributed by atoms with Crippen molar-refractivity contribution in [2.75, 3.05) is 0 Å². The lowest BCUT2D eigenvalue weighted by Gasteiger charge is -2.48. The van der Waals surface area contributed by atoms with Gasteiger partial charge in [-0.2, -0.15) is 0 Å². The molecule has 0 spiro atoms. The molecule has 0 aliphatic heterocycles. The van der Waals surface area contributed by atoms with E-state index < -0.39 is 6.16 Å². The lowest BCUT2D eigenvalue weighted by molar-refractivity contribution is 0.0756. The zero-order chi connectivity index (χ0) is 13.9. The summed E-state index contributed by atoms with van der Waals surface area (Å²) in [6, 6.07) is 8.34. The summed E-state index contributed by atoms with van der Waals surface area (Å²) in [5, 5.41) is 14.8. The molecule has 2 rings (SSSR count). The number of carboxylic acid groups (broad SMARTS) is 2. The fourth-order valence-electron chi connectivity index (χ4n) is 2.76. The molecule has 1 aromatic rings. The van der Waals surface area contributed by atoms with Gasteiger partial charge in [0.25, 0.3) is 0 Å². The first-order valence-corrected chi connectivity index (χ1v) is 6.39. The fourth-order valence-corrected chi connectivity index (χ4v) is 2.88. The van der Waals surface area contributed by atoms with Gasteiger partial charge in [0, 0.05) is 5.02 Å². The molecule has 18 heavy (non-hydrogen) atoms. The van der Waals surface area contributed by atoms with Crippen molar-refractivity contribution in [2.45, 2.75) is 26.7 Å². The Hall–Kier alpha value is -1.22. The molecule has 0 radical (unpaired) electrons. The lowest BCUT2D eigenvalue weighted by atomic mass is 9.57. The first-order chi connectivity index (χ1) is 8.34. The third-order valence-corrected chi connectivity index (χ3v) is 4.30. The molecule has 0 amide bonds. The maximum atomic E-state index is 8.56. The summed E-state index contributed by atoms with van der Waals surface area (Å²) in [4.78, 5) is 8.56. The maximum absolute atomic E-state index is 8.56. The van der Waals surface area contributed by atoms with Gasteiger partial charge in [0.15, 0.2) is 0 Å². The molecule has 3 nitrogen and oxygen atoms in total. The van der Waals surface area contributed by atoms with E-state index in [0.29, 0.717) is 0 Å². The van der Waals surface area contributed by atoms with Gasteiger partial charge in [-0.05, 0) is 41.4 Å². The molecule has 0 heterocycles. The molecule has 1 aliphatic rings. The fraction of sp³-hybridized carbons (Fsp3) is 0.500. The summed E-state index contributed by atoms with van der Waals surface area (Å²) in [6.45, 7) is 7.05. The first kappa shape index (κ1) is 14.8. The minimum absolute atomic E-state index is 0.738. The predicted molar refractivity (Wildman–Crippen MR) is 72.3 cm³/mol. The smallest absolute Gasteiger partial charge is 0.450 e.